The van der Waals surface area contributed by atoms with E-state index in [1.165, 1.54) is 0 Å². The van der Waals surface area contributed by atoms with Gasteiger partial charge in [-0.05, 0) is 44.0 Å². The minimum atomic E-state index is -3.56. The summed E-state index contributed by atoms with van der Waals surface area (Å²) in [5.41, 5.74) is 2.67. The van der Waals surface area contributed by atoms with Crippen molar-refractivity contribution in [1.29, 1.82) is 5.26 Å². The summed E-state index contributed by atoms with van der Waals surface area (Å²) in [4.78, 5) is 2.15. The summed E-state index contributed by atoms with van der Waals surface area (Å²) in [5.74, 6) is 0. The maximum atomic E-state index is 12.4. The zero-order chi connectivity index (χ0) is 13.7. The van der Waals surface area contributed by atoms with Crippen LogP contribution in [-0.2, 0) is 9.84 Å². The number of hydrogen-bond acceptors (Lipinski definition) is 4. The van der Waals surface area contributed by atoms with Gasteiger partial charge in [-0.25, -0.2) is 8.42 Å². The second-order valence-corrected chi connectivity index (χ2v) is 6.89. The summed E-state index contributed by atoms with van der Waals surface area (Å²) in [6, 6.07) is 5.14. The summed E-state index contributed by atoms with van der Waals surface area (Å²) in [6.45, 7) is 5.60. The fraction of sp³-hybridized carbons (Fsp3) is 0.462. The van der Waals surface area contributed by atoms with Crippen molar-refractivity contribution in [2.75, 3.05) is 11.9 Å². The first-order valence-corrected chi connectivity index (χ1v) is 7.33. The molecule has 2 rings (SSSR count). The van der Waals surface area contributed by atoms with Crippen LogP contribution in [0.4, 0.5) is 5.69 Å². The normalized spacial score (nSPS) is 25.4. The molecule has 0 aromatic heterocycles. The molecule has 0 amide bonds. The van der Waals surface area contributed by atoms with Gasteiger partial charge in [-0.1, -0.05) is 0 Å². The molecule has 0 aliphatic carbocycles. The molecular weight excluding hydrogens is 248 g/mol. The van der Waals surface area contributed by atoms with E-state index < -0.39 is 15.1 Å². The molecule has 18 heavy (non-hydrogen) atoms. The zero-order valence-corrected chi connectivity index (χ0v) is 11.7. The van der Waals surface area contributed by atoms with E-state index in [1.54, 1.807) is 13.0 Å². The van der Waals surface area contributed by atoms with Crippen LogP contribution in [0.2, 0.25) is 0 Å². The highest BCUT2D eigenvalue weighted by atomic mass is 32.2. The lowest BCUT2D eigenvalue weighted by Crippen LogP contribution is -2.47. The average Bonchev–Trinajstić information content (AvgIpc) is 2.30. The van der Waals surface area contributed by atoms with E-state index in [0.717, 1.165) is 11.1 Å². The Morgan fingerprint density at radius 3 is 2.39 bits per heavy atom. The van der Waals surface area contributed by atoms with Crippen LogP contribution < -0.4 is 4.90 Å². The second kappa shape index (κ2) is 3.99. The molecule has 0 bridgehead atoms. The maximum absolute atomic E-state index is 12.4. The molecule has 1 heterocycles. The Bertz CT molecular complexity index is 644. The van der Waals surface area contributed by atoms with Crippen molar-refractivity contribution in [2.45, 2.75) is 37.0 Å². The Morgan fingerprint density at radius 1 is 1.28 bits per heavy atom. The summed E-state index contributed by atoms with van der Waals surface area (Å²) in [5, 5.41) is 8.11. The Kier molecular flexibility index (Phi) is 2.86. The van der Waals surface area contributed by atoms with E-state index in [-0.39, 0.29) is 10.9 Å². The third-order valence-corrected chi connectivity index (χ3v) is 5.88. The minimum absolute atomic E-state index is 0.276. The number of anilines is 1. The molecule has 0 fully saturated rings. The number of aryl methyl sites for hydroxylation is 2. The van der Waals surface area contributed by atoms with Gasteiger partial charge in [-0.2, -0.15) is 5.26 Å². The Balaban J connectivity index is 2.80. The molecule has 0 saturated carbocycles. The van der Waals surface area contributed by atoms with Gasteiger partial charge in [-0.15, -0.1) is 0 Å². The SMILES string of the molecule is Cc1cc2c(cc1C)S(=O)(=O)C(C#N)C(C)N2C. The highest BCUT2D eigenvalue weighted by molar-refractivity contribution is 7.92. The Morgan fingerprint density at radius 2 is 1.83 bits per heavy atom. The van der Waals surface area contributed by atoms with Crippen LogP contribution in [0.25, 0.3) is 0 Å². The summed E-state index contributed by atoms with van der Waals surface area (Å²) < 4.78 is 24.8. The monoisotopic (exact) mass is 264 g/mol. The average molecular weight is 264 g/mol. The van der Waals surface area contributed by atoms with E-state index in [1.807, 2.05) is 37.9 Å². The standard InChI is InChI=1S/C13H16N2O2S/c1-8-5-11-12(6-9(8)2)18(16,17)13(7-14)10(3)15(11)4/h5-6,10,13H,1-4H3. The first-order chi connectivity index (χ1) is 8.30. The molecule has 1 aromatic rings. The van der Waals surface area contributed by atoms with E-state index in [4.69, 9.17) is 5.26 Å². The smallest absolute Gasteiger partial charge is 0.198 e. The third-order valence-electron chi connectivity index (χ3n) is 3.77. The van der Waals surface area contributed by atoms with Gasteiger partial charge in [0.15, 0.2) is 15.1 Å². The quantitative estimate of drug-likeness (QED) is 0.717. The molecule has 1 aromatic carbocycles. The first kappa shape index (κ1) is 12.9. The molecule has 1 aliphatic rings. The lowest BCUT2D eigenvalue weighted by molar-refractivity contribution is 0.563. The van der Waals surface area contributed by atoms with Gasteiger partial charge in [0.1, 0.15) is 0 Å². The van der Waals surface area contributed by atoms with E-state index >= 15 is 0 Å². The minimum Gasteiger partial charge on any atom is -0.368 e. The molecule has 4 nitrogen and oxygen atoms in total. The summed E-state index contributed by atoms with van der Waals surface area (Å²) in [6.07, 6.45) is 0. The number of rotatable bonds is 0. The van der Waals surface area contributed by atoms with E-state index in [9.17, 15) is 8.42 Å². The molecular formula is C13H16N2O2S. The molecule has 0 spiro atoms. The topological polar surface area (TPSA) is 61.2 Å². The molecule has 1 aliphatic heterocycles. The number of fused-ring (bicyclic) bond motifs is 1. The third kappa shape index (κ3) is 1.60. The van der Waals surface area contributed by atoms with Crippen LogP contribution >= 0.6 is 0 Å². The van der Waals surface area contributed by atoms with Crippen LogP contribution in [0.15, 0.2) is 17.0 Å². The highest BCUT2D eigenvalue weighted by Gasteiger charge is 2.41. The van der Waals surface area contributed by atoms with Crippen LogP contribution in [0, 0.1) is 25.2 Å². The maximum Gasteiger partial charge on any atom is 0.198 e. The lowest BCUT2D eigenvalue weighted by Gasteiger charge is -2.36. The molecule has 0 radical (unpaired) electrons. The highest BCUT2D eigenvalue weighted by Crippen LogP contribution is 2.37. The summed E-state index contributed by atoms with van der Waals surface area (Å²) in [7, 11) is -1.73. The second-order valence-electron chi connectivity index (χ2n) is 4.85. The van der Waals surface area contributed by atoms with Crippen molar-refractivity contribution in [3.05, 3.63) is 23.3 Å². The lowest BCUT2D eigenvalue weighted by atomic mass is 10.1. The summed E-state index contributed by atoms with van der Waals surface area (Å²) >= 11 is 0. The predicted octanol–water partition coefficient (Wildman–Crippen LogP) is 1.81. The van der Waals surface area contributed by atoms with Crippen LogP contribution in [0.5, 0.6) is 0 Å². The van der Waals surface area contributed by atoms with Gasteiger partial charge < -0.3 is 4.90 Å². The number of nitriles is 1. The zero-order valence-electron chi connectivity index (χ0n) is 10.9. The Labute approximate surface area is 108 Å². The molecule has 2 atom stereocenters. The molecule has 0 saturated heterocycles. The van der Waals surface area contributed by atoms with Crippen LogP contribution in [0.3, 0.4) is 0 Å². The van der Waals surface area contributed by atoms with Gasteiger partial charge in [0.05, 0.1) is 22.7 Å². The van der Waals surface area contributed by atoms with E-state index in [0.29, 0.717) is 5.69 Å². The largest absolute Gasteiger partial charge is 0.368 e. The van der Waals surface area contributed by atoms with Gasteiger partial charge in [0, 0.05) is 7.05 Å². The molecule has 2 unspecified atom stereocenters. The number of sulfone groups is 1. The van der Waals surface area contributed by atoms with Gasteiger partial charge in [-0.3, -0.25) is 0 Å². The molecule has 96 valence electrons. The van der Waals surface area contributed by atoms with Gasteiger partial charge in [0.2, 0.25) is 0 Å². The predicted molar refractivity (Wildman–Crippen MR) is 70.4 cm³/mol. The van der Waals surface area contributed by atoms with Crippen molar-refractivity contribution in [1.82, 2.24) is 0 Å². The molecule has 5 heteroatoms. The van der Waals surface area contributed by atoms with Gasteiger partial charge >= 0.3 is 0 Å². The van der Waals surface area contributed by atoms with Crippen LogP contribution in [0.1, 0.15) is 18.1 Å². The van der Waals surface area contributed by atoms with Crippen molar-refractivity contribution in [3.8, 4) is 6.07 Å². The van der Waals surface area contributed by atoms with Crippen molar-refractivity contribution in [3.63, 3.8) is 0 Å². The fourth-order valence-corrected chi connectivity index (χ4v) is 4.22. The van der Waals surface area contributed by atoms with Crippen LogP contribution in [-0.4, -0.2) is 26.8 Å². The van der Waals surface area contributed by atoms with Crippen molar-refractivity contribution < 1.29 is 8.42 Å². The van der Waals surface area contributed by atoms with Crippen molar-refractivity contribution >= 4 is 15.5 Å². The number of hydrogen-bond donors (Lipinski definition) is 0. The number of nitrogens with zero attached hydrogens (tertiary/aromatic N) is 2. The van der Waals surface area contributed by atoms with E-state index in [2.05, 4.69) is 0 Å². The number of benzene rings is 1. The van der Waals surface area contributed by atoms with Crippen molar-refractivity contribution in [2.24, 2.45) is 0 Å². The first-order valence-electron chi connectivity index (χ1n) is 5.78. The molecule has 0 N–H and O–H groups in total. The van der Waals surface area contributed by atoms with Gasteiger partial charge in [0.25, 0.3) is 0 Å². The fourth-order valence-electron chi connectivity index (χ4n) is 2.27. The Hall–Kier alpha value is -1.54.